The van der Waals surface area contributed by atoms with E-state index in [4.69, 9.17) is 0 Å². The molecule has 26 heavy (non-hydrogen) atoms. The van der Waals surface area contributed by atoms with Gasteiger partial charge in [-0.15, -0.1) is 0 Å². The second-order valence-corrected chi connectivity index (χ2v) is 7.99. The van der Waals surface area contributed by atoms with Gasteiger partial charge in [0.25, 0.3) is 0 Å². The zero-order valence-corrected chi connectivity index (χ0v) is 16.4. The van der Waals surface area contributed by atoms with Gasteiger partial charge in [-0.2, -0.15) is 0 Å². The summed E-state index contributed by atoms with van der Waals surface area (Å²) < 4.78 is 0. The molecule has 2 aromatic rings. The van der Waals surface area contributed by atoms with Crippen LogP contribution in [-0.2, 0) is 0 Å². The molecule has 2 aromatic carbocycles. The number of aliphatic hydroxyl groups is 1. The molecular weight excluding hydrogens is 318 g/mol. The van der Waals surface area contributed by atoms with Crippen molar-refractivity contribution in [2.75, 3.05) is 0 Å². The lowest BCUT2D eigenvalue weighted by Gasteiger charge is -2.50. The normalized spacial score (nSPS) is 31.7. The highest BCUT2D eigenvalue weighted by molar-refractivity contribution is 5.23. The zero-order chi connectivity index (χ0) is 18.6. The topological polar surface area (TPSA) is 36.8 Å². The first-order chi connectivity index (χ1) is 12.6. The van der Waals surface area contributed by atoms with E-state index in [0.717, 1.165) is 25.7 Å². The number of benzene rings is 2. The van der Waals surface area contributed by atoms with Crippen molar-refractivity contribution in [2.45, 2.75) is 64.1 Å². The Bertz CT molecular complexity index is 671. The average Bonchev–Trinajstić information content (AvgIpc) is 2.68. The molecule has 3 N–H and O–H groups in total. The van der Waals surface area contributed by atoms with Crippen LogP contribution in [0.25, 0.3) is 0 Å². The lowest BCUT2D eigenvalue weighted by atomic mass is 9.62. The highest BCUT2D eigenvalue weighted by Crippen LogP contribution is 2.46. The van der Waals surface area contributed by atoms with Crippen LogP contribution >= 0.6 is 0 Å². The van der Waals surface area contributed by atoms with Crippen molar-refractivity contribution in [1.29, 1.82) is 0 Å². The van der Waals surface area contributed by atoms with Gasteiger partial charge in [0, 0.05) is 23.0 Å². The third kappa shape index (κ3) is 3.58. The van der Waals surface area contributed by atoms with Crippen molar-refractivity contribution in [1.82, 2.24) is 0 Å². The van der Waals surface area contributed by atoms with Gasteiger partial charge < -0.3 is 10.4 Å². The van der Waals surface area contributed by atoms with Crippen molar-refractivity contribution in [2.24, 2.45) is 11.8 Å². The van der Waals surface area contributed by atoms with Crippen molar-refractivity contribution < 1.29 is 10.4 Å². The summed E-state index contributed by atoms with van der Waals surface area (Å²) >= 11 is 0. The minimum Gasteiger partial charge on any atom is -0.389 e. The molecule has 0 spiro atoms. The van der Waals surface area contributed by atoms with Crippen LogP contribution in [0.1, 0.15) is 69.7 Å². The van der Waals surface area contributed by atoms with Gasteiger partial charge in [0.05, 0.1) is 5.60 Å². The molecule has 0 aromatic heterocycles. The van der Waals surface area contributed by atoms with Gasteiger partial charge in [-0.25, -0.2) is 0 Å². The van der Waals surface area contributed by atoms with Crippen LogP contribution in [0.15, 0.2) is 60.7 Å². The molecular formula is C24H34NO+. The first kappa shape index (κ1) is 19.1. The quantitative estimate of drug-likeness (QED) is 0.781. The van der Waals surface area contributed by atoms with Crippen molar-refractivity contribution >= 4 is 0 Å². The van der Waals surface area contributed by atoms with Crippen LogP contribution in [-0.4, -0.2) is 10.7 Å². The molecule has 2 nitrogen and oxygen atoms in total. The molecule has 2 heteroatoms. The van der Waals surface area contributed by atoms with Crippen LogP contribution in [0.3, 0.4) is 0 Å². The summed E-state index contributed by atoms with van der Waals surface area (Å²) in [4.78, 5) is 0. The highest BCUT2D eigenvalue weighted by atomic mass is 16.3. The van der Waals surface area contributed by atoms with Gasteiger partial charge >= 0.3 is 0 Å². The number of rotatable bonds is 6. The smallest absolute Gasteiger partial charge is 0.118 e. The van der Waals surface area contributed by atoms with Gasteiger partial charge in [0.15, 0.2) is 0 Å². The zero-order valence-electron chi connectivity index (χ0n) is 16.4. The predicted molar refractivity (Wildman–Crippen MR) is 108 cm³/mol. The summed E-state index contributed by atoms with van der Waals surface area (Å²) in [5.74, 6) is 0.506. The predicted octanol–water partition coefficient (Wildman–Crippen LogP) is 4.63. The van der Waals surface area contributed by atoms with Crippen molar-refractivity contribution in [3.63, 3.8) is 0 Å². The monoisotopic (exact) mass is 352 g/mol. The maximum Gasteiger partial charge on any atom is 0.118 e. The summed E-state index contributed by atoms with van der Waals surface area (Å²) in [7, 11) is 0. The number of nitrogens with two attached hydrogens (primary N) is 1. The standard InChI is InChI=1S/C24H33NO/c1-4-12-21-23(20-15-10-7-11-16-20)25-22(19-13-8-6-9-14-19)18(3)24(21,26)17-5-2/h6-11,13-16,18,21-23,25-26H,4-5,12,17H2,1-3H3/p+1/t18-,21+,22-,23-,24+/m0/s1. The number of hydrogen-bond donors (Lipinski definition) is 2. The summed E-state index contributed by atoms with van der Waals surface area (Å²) in [6.45, 7) is 6.69. The first-order valence-corrected chi connectivity index (χ1v) is 10.3. The minimum absolute atomic E-state index is 0.223. The Hall–Kier alpha value is -1.64. The lowest BCUT2D eigenvalue weighted by molar-refractivity contribution is -0.765. The fourth-order valence-electron chi connectivity index (χ4n) is 5.13. The third-order valence-electron chi connectivity index (χ3n) is 6.44. The Morgan fingerprint density at radius 2 is 1.38 bits per heavy atom. The molecule has 1 heterocycles. The van der Waals surface area contributed by atoms with Gasteiger partial charge in [-0.3, -0.25) is 0 Å². The molecule has 0 radical (unpaired) electrons. The summed E-state index contributed by atoms with van der Waals surface area (Å²) in [5.41, 5.74) is 2.04. The Morgan fingerprint density at radius 3 is 1.88 bits per heavy atom. The Morgan fingerprint density at radius 1 is 0.846 bits per heavy atom. The molecule has 0 aliphatic carbocycles. The van der Waals surface area contributed by atoms with E-state index in [1.54, 1.807) is 0 Å². The molecule has 1 aliphatic heterocycles. The van der Waals surface area contributed by atoms with E-state index in [9.17, 15) is 5.11 Å². The lowest BCUT2D eigenvalue weighted by Crippen LogP contribution is -2.93. The summed E-state index contributed by atoms with van der Waals surface area (Å²) in [6.07, 6.45) is 4.07. The Balaban J connectivity index is 2.06. The van der Waals surface area contributed by atoms with Gasteiger partial charge in [0.2, 0.25) is 0 Å². The molecule has 3 rings (SSSR count). The Kier molecular flexibility index (Phi) is 6.16. The molecule has 140 valence electrons. The molecule has 0 unspecified atom stereocenters. The molecule has 0 amide bonds. The summed E-state index contributed by atoms with van der Waals surface area (Å²) in [6, 6.07) is 22.1. The fraction of sp³-hybridized carbons (Fsp3) is 0.500. The molecule has 1 aliphatic rings. The van der Waals surface area contributed by atoms with Gasteiger partial charge in [0.1, 0.15) is 12.1 Å². The molecule has 1 fully saturated rings. The average molecular weight is 353 g/mol. The molecule has 1 saturated heterocycles. The van der Waals surface area contributed by atoms with E-state index in [-0.39, 0.29) is 17.9 Å². The van der Waals surface area contributed by atoms with Crippen LogP contribution in [0.4, 0.5) is 0 Å². The van der Waals surface area contributed by atoms with E-state index in [0.29, 0.717) is 6.04 Å². The van der Waals surface area contributed by atoms with Crippen LogP contribution < -0.4 is 5.32 Å². The van der Waals surface area contributed by atoms with E-state index < -0.39 is 5.60 Å². The molecule has 5 atom stereocenters. The van der Waals surface area contributed by atoms with E-state index in [2.05, 4.69) is 86.8 Å². The van der Waals surface area contributed by atoms with Gasteiger partial charge in [-0.05, 0) is 12.8 Å². The van der Waals surface area contributed by atoms with E-state index in [1.807, 2.05) is 0 Å². The SMILES string of the molecule is CCC[C@@H]1[C@H](c2ccccc2)[NH2+][C@H](c2ccccc2)[C@H](C)[C@]1(O)CCC. The van der Waals surface area contributed by atoms with Gasteiger partial charge in [-0.1, -0.05) is 94.3 Å². The van der Waals surface area contributed by atoms with Crippen LogP contribution in [0.5, 0.6) is 0 Å². The minimum atomic E-state index is -0.624. The second kappa shape index (κ2) is 8.37. The number of quaternary nitrogens is 1. The Labute approximate surface area is 158 Å². The summed E-state index contributed by atoms with van der Waals surface area (Å²) in [5, 5.41) is 14.5. The fourth-order valence-corrected chi connectivity index (χ4v) is 5.13. The number of piperidine rings is 1. The van der Waals surface area contributed by atoms with E-state index in [1.165, 1.54) is 11.1 Å². The van der Waals surface area contributed by atoms with Crippen molar-refractivity contribution in [3.05, 3.63) is 71.8 Å². The van der Waals surface area contributed by atoms with Crippen molar-refractivity contribution in [3.8, 4) is 0 Å². The molecule has 0 saturated carbocycles. The third-order valence-corrected chi connectivity index (χ3v) is 6.44. The highest BCUT2D eigenvalue weighted by Gasteiger charge is 2.54. The first-order valence-electron chi connectivity index (χ1n) is 10.3. The maximum absolute atomic E-state index is 12.0. The van der Waals surface area contributed by atoms with Crippen LogP contribution in [0.2, 0.25) is 0 Å². The van der Waals surface area contributed by atoms with E-state index >= 15 is 0 Å². The second-order valence-electron chi connectivity index (χ2n) is 7.99. The maximum atomic E-state index is 12.0. The number of hydrogen-bond acceptors (Lipinski definition) is 1. The molecule has 0 bridgehead atoms. The van der Waals surface area contributed by atoms with Crippen LogP contribution in [0, 0.1) is 11.8 Å². The largest absolute Gasteiger partial charge is 0.389 e.